The van der Waals surface area contributed by atoms with Crippen molar-refractivity contribution in [2.45, 2.75) is 25.6 Å². The summed E-state index contributed by atoms with van der Waals surface area (Å²) in [5, 5.41) is 9.75. The number of aryl methyl sites for hydroxylation is 1. The molecule has 0 saturated heterocycles. The van der Waals surface area contributed by atoms with Crippen LogP contribution in [0.5, 0.6) is 5.75 Å². The van der Waals surface area contributed by atoms with E-state index in [2.05, 4.69) is 15.9 Å². The van der Waals surface area contributed by atoms with E-state index in [-0.39, 0.29) is 18.5 Å². The molecular formula is C16H14BrFO2. The Kier molecular flexibility index (Phi) is 3.76. The molecule has 2 nitrogen and oxygen atoms in total. The SMILES string of the molecule is O[C@@H]1CCc2cc(OCc3ccc(Br)cc3F)ccc21. The summed E-state index contributed by atoms with van der Waals surface area (Å²) in [6.07, 6.45) is 1.27. The number of hydrogen-bond acceptors (Lipinski definition) is 2. The van der Waals surface area contributed by atoms with E-state index in [9.17, 15) is 9.50 Å². The first-order valence-corrected chi connectivity index (χ1v) is 7.30. The van der Waals surface area contributed by atoms with Crippen molar-refractivity contribution in [2.75, 3.05) is 0 Å². The fourth-order valence-corrected chi connectivity index (χ4v) is 2.79. The summed E-state index contributed by atoms with van der Waals surface area (Å²) >= 11 is 3.23. The van der Waals surface area contributed by atoms with Crippen LogP contribution in [0.3, 0.4) is 0 Å². The number of aliphatic hydroxyl groups excluding tert-OH is 1. The molecular weight excluding hydrogens is 323 g/mol. The first kappa shape index (κ1) is 13.6. The quantitative estimate of drug-likeness (QED) is 0.912. The fraction of sp³-hybridized carbons (Fsp3) is 0.250. The highest BCUT2D eigenvalue weighted by molar-refractivity contribution is 9.10. The maximum Gasteiger partial charge on any atom is 0.130 e. The van der Waals surface area contributed by atoms with Gasteiger partial charge in [0.15, 0.2) is 0 Å². The van der Waals surface area contributed by atoms with Gasteiger partial charge in [-0.1, -0.05) is 28.1 Å². The van der Waals surface area contributed by atoms with Crippen molar-refractivity contribution in [3.8, 4) is 5.75 Å². The van der Waals surface area contributed by atoms with E-state index < -0.39 is 0 Å². The molecule has 20 heavy (non-hydrogen) atoms. The van der Waals surface area contributed by atoms with Crippen molar-refractivity contribution in [1.29, 1.82) is 0 Å². The zero-order valence-electron chi connectivity index (χ0n) is 10.8. The lowest BCUT2D eigenvalue weighted by molar-refractivity contribution is 0.180. The van der Waals surface area contributed by atoms with Crippen LogP contribution in [0.4, 0.5) is 4.39 Å². The van der Waals surface area contributed by atoms with Gasteiger partial charge in [0.2, 0.25) is 0 Å². The first-order valence-electron chi connectivity index (χ1n) is 6.51. The van der Waals surface area contributed by atoms with Gasteiger partial charge < -0.3 is 9.84 Å². The second-order valence-corrected chi connectivity index (χ2v) is 5.86. The Morgan fingerprint density at radius 3 is 2.90 bits per heavy atom. The zero-order valence-corrected chi connectivity index (χ0v) is 12.4. The fourth-order valence-electron chi connectivity index (χ4n) is 2.46. The lowest BCUT2D eigenvalue weighted by atomic mass is 10.1. The van der Waals surface area contributed by atoms with Gasteiger partial charge in [0.1, 0.15) is 18.2 Å². The van der Waals surface area contributed by atoms with E-state index >= 15 is 0 Å². The first-order chi connectivity index (χ1) is 9.63. The molecule has 0 fully saturated rings. The lowest BCUT2D eigenvalue weighted by Gasteiger charge is -2.10. The van der Waals surface area contributed by atoms with E-state index in [1.165, 1.54) is 6.07 Å². The van der Waals surface area contributed by atoms with Gasteiger partial charge in [-0.15, -0.1) is 0 Å². The highest BCUT2D eigenvalue weighted by Gasteiger charge is 2.20. The number of hydrogen-bond donors (Lipinski definition) is 1. The molecule has 0 spiro atoms. The predicted molar refractivity (Wildman–Crippen MR) is 78.2 cm³/mol. The molecule has 1 aliphatic rings. The van der Waals surface area contributed by atoms with Crippen LogP contribution in [-0.2, 0) is 13.0 Å². The molecule has 1 aliphatic carbocycles. The molecule has 0 amide bonds. The topological polar surface area (TPSA) is 29.5 Å². The van der Waals surface area contributed by atoms with Gasteiger partial charge in [0, 0.05) is 10.0 Å². The van der Waals surface area contributed by atoms with Crippen molar-refractivity contribution in [3.63, 3.8) is 0 Å². The van der Waals surface area contributed by atoms with Crippen LogP contribution in [0, 0.1) is 5.82 Å². The molecule has 0 aromatic heterocycles. The maximum atomic E-state index is 13.7. The van der Waals surface area contributed by atoms with Crippen molar-refractivity contribution in [2.24, 2.45) is 0 Å². The van der Waals surface area contributed by atoms with Gasteiger partial charge >= 0.3 is 0 Å². The Morgan fingerprint density at radius 2 is 2.10 bits per heavy atom. The third-order valence-corrected chi connectivity index (χ3v) is 4.06. The highest BCUT2D eigenvalue weighted by Crippen LogP contribution is 2.33. The van der Waals surface area contributed by atoms with Crippen molar-refractivity contribution >= 4 is 15.9 Å². The molecule has 0 heterocycles. The summed E-state index contributed by atoms with van der Waals surface area (Å²) < 4.78 is 20.0. The Labute approximate surface area is 125 Å². The van der Waals surface area contributed by atoms with Crippen molar-refractivity contribution in [1.82, 2.24) is 0 Å². The minimum Gasteiger partial charge on any atom is -0.489 e. The molecule has 3 rings (SSSR count). The Hall–Kier alpha value is -1.39. The van der Waals surface area contributed by atoms with Gasteiger partial charge in [-0.3, -0.25) is 0 Å². The second-order valence-electron chi connectivity index (χ2n) is 4.94. The number of benzene rings is 2. The predicted octanol–water partition coefficient (Wildman–Crippen LogP) is 4.15. The van der Waals surface area contributed by atoms with Crippen LogP contribution in [0.15, 0.2) is 40.9 Å². The van der Waals surface area contributed by atoms with Crippen LogP contribution >= 0.6 is 15.9 Å². The van der Waals surface area contributed by atoms with Crippen LogP contribution in [0.2, 0.25) is 0 Å². The zero-order chi connectivity index (χ0) is 14.1. The average molecular weight is 337 g/mol. The Balaban J connectivity index is 1.73. The smallest absolute Gasteiger partial charge is 0.130 e. The number of aliphatic hydroxyl groups is 1. The number of halogens is 2. The highest BCUT2D eigenvalue weighted by atomic mass is 79.9. The number of rotatable bonds is 3. The monoisotopic (exact) mass is 336 g/mol. The standard InChI is InChI=1S/C16H14BrFO2/c17-12-3-1-11(15(18)8-12)9-20-13-4-5-14-10(7-13)2-6-16(14)19/h1,3-5,7-8,16,19H,2,6,9H2/t16-/m1/s1. The van der Waals surface area contributed by atoms with Crippen LogP contribution in [0.1, 0.15) is 29.2 Å². The molecule has 2 aromatic carbocycles. The summed E-state index contributed by atoms with van der Waals surface area (Å²) in [5.41, 5.74) is 2.62. The van der Waals surface area contributed by atoms with E-state index in [1.54, 1.807) is 12.1 Å². The summed E-state index contributed by atoms with van der Waals surface area (Å²) in [4.78, 5) is 0. The molecule has 104 valence electrons. The van der Waals surface area contributed by atoms with Crippen LogP contribution < -0.4 is 4.74 Å². The van der Waals surface area contributed by atoms with E-state index in [0.717, 1.165) is 24.0 Å². The van der Waals surface area contributed by atoms with E-state index in [4.69, 9.17) is 4.74 Å². The molecule has 0 unspecified atom stereocenters. The van der Waals surface area contributed by atoms with E-state index in [0.29, 0.717) is 15.8 Å². The third-order valence-electron chi connectivity index (χ3n) is 3.57. The summed E-state index contributed by atoms with van der Waals surface area (Å²) in [5.74, 6) is 0.427. The van der Waals surface area contributed by atoms with Gasteiger partial charge in [-0.2, -0.15) is 0 Å². The van der Waals surface area contributed by atoms with Crippen molar-refractivity contribution < 1.29 is 14.2 Å². The van der Waals surface area contributed by atoms with Gasteiger partial charge in [-0.25, -0.2) is 4.39 Å². The van der Waals surface area contributed by atoms with Crippen molar-refractivity contribution in [3.05, 3.63) is 63.4 Å². The minimum absolute atomic E-state index is 0.195. The average Bonchev–Trinajstić information content (AvgIpc) is 2.79. The van der Waals surface area contributed by atoms with Crippen LogP contribution in [-0.4, -0.2) is 5.11 Å². The van der Waals surface area contributed by atoms with E-state index in [1.807, 2.05) is 18.2 Å². The molecule has 2 aromatic rings. The number of fused-ring (bicyclic) bond motifs is 1. The van der Waals surface area contributed by atoms with Gasteiger partial charge in [-0.05, 0) is 48.2 Å². The molecule has 0 bridgehead atoms. The second kappa shape index (κ2) is 5.54. The van der Waals surface area contributed by atoms with Crippen LogP contribution in [0.25, 0.3) is 0 Å². The molecule has 1 atom stereocenters. The molecule has 4 heteroatoms. The molecule has 0 saturated carbocycles. The Bertz CT molecular complexity index is 642. The molecule has 1 N–H and O–H groups in total. The lowest BCUT2D eigenvalue weighted by Crippen LogP contribution is -1.99. The summed E-state index contributed by atoms with van der Waals surface area (Å²) in [6.45, 7) is 0.195. The van der Waals surface area contributed by atoms with Gasteiger partial charge in [0.25, 0.3) is 0 Å². The minimum atomic E-state index is -0.358. The summed E-state index contributed by atoms with van der Waals surface area (Å²) in [7, 11) is 0. The van der Waals surface area contributed by atoms with Gasteiger partial charge in [0.05, 0.1) is 6.10 Å². The maximum absolute atomic E-state index is 13.7. The largest absolute Gasteiger partial charge is 0.489 e. The molecule has 0 radical (unpaired) electrons. The normalized spacial score (nSPS) is 17.1. The Morgan fingerprint density at radius 1 is 1.25 bits per heavy atom. The number of ether oxygens (including phenoxy) is 1. The third kappa shape index (κ3) is 2.72. The summed E-state index contributed by atoms with van der Waals surface area (Å²) in [6, 6.07) is 10.6. The molecule has 0 aliphatic heterocycles.